The van der Waals surface area contributed by atoms with Crippen molar-refractivity contribution < 1.29 is 9.47 Å². The van der Waals surface area contributed by atoms with Gasteiger partial charge in [-0.05, 0) is 27.2 Å². The van der Waals surface area contributed by atoms with Gasteiger partial charge >= 0.3 is 0 Å². The Balaban J connectivity index is 3.13. The largest absolute Gasteiger partial charge is 0.376 e. The van der Waals surface area contributed by atoms with Crippen LogP contribution in [-0.2, 0) is 9.47 Å². The smallest absolute Gasteiger partial charge is 0.0780 e. The highest BCUT2D eigenvalue weighted by Crippen LogP contribution is 2.04. The van der Waals surface area contributed by atoms with Gasteiger partial charge in [0, 0.05) is 6.61 Å². The van der Waals surface area contributed by atoms with Gasteiger partial charge in [0.2, 0.25) is 0 Å². The summed E-state index contributed by atoms with van der Waals surface area (Å²) in [5.41, 5.74) is 0. The van der Waals surface area contributed by atoms with Gasteiger partial charge in [-0.1, -0.05) is 32.6 Å². The van der Waals surface area contributed by atoms with Crippen LogP contribution in [0.4, 0.5) is 0 Å². The van der Waals surface area contributed by atoms with Crippen LogP contribution < -0.4 is 0 Å². The summed E-state index contributed by atoms with van der Waals surface area (Å²) in [6, 6.07) is 0. The highest BCUT2D eigenvalue weighted by molar-refractivity contribution is 4.54. The summed E-state index contributed by atoms with van der Waals surface area (Å²) in [6.45, 7) is 11.5. The van der Waals surface area contributed by atoms with E-state index in [1.165, 1.54) is 32.1 Å². The molecule has 0 heterocycles. The zero-order valence-corrected chi connectivity index (χ0v) is 10.6. The van der Waals surface area contributed by atoms with Gasteiger partial charge in [-0.2, -0.15) is 0 Å². The van der Waals surface area contributed by atoms with Crippen molar-refractivity contribution in [1.82, 2.24) is 0 Å². The molecule has 0 fully saturated rings. The molecule has 0 aliphatic carbocycles. The third kappa shape index (κ3) is 11.8. The minimum Gasteiger partial charge on any atom is -0.376 e. The summed E-state index contributed by atoms with van der Waals surface area (Å²) in [5, 5.41) is 0. The van der Waals surface area contributed by atoms with Gasteiger partial charge in [-0.15, -0.1) is 0 Å². The zero-order valence-electron chi connectivity index (χ0n) is 10.6. The molecule has 2 nitrogen and oxygen atoms in total. The van der Waals surface area contributed by atoms with Crippen LogP contribution in [0, 0.1) is 6.92 Å². The first-order valence-electron chi connectivity index (χ1n) is 6.23. The maximum atomic E-state index is 5.62. The molecule has 0 bridgehead atoms. The Morgan fingerprint density at radius 2 is 1.67 bits per heavy atom. The predicted molar refractivity (Wildman–Crippen MR) is 64.9 cm³/mol. The highest BCUT2D eigenvalue weighted by Gasteiger charge is 2.03. The summed E-state index contributed by atoms with van der Waals surface area (Å²) >= 11 is 0. The molecular formula is C13H27O2. The van der Waals surface area contributed by atoms with E-state index < -0.39 is 0 Å². The molecule has 2 atom stereocenters. The van der Waals surface area contributed by atoms with Gasteiger partial charge in [0.25, 0.3) is 0 Å². The fourth-order valence-corrected chi connectivity index (χ4v) is 1.34. The van der Waals surface area contributed by atoms with Gasteiger partial charge in [0.15, 0.2) is 0 Å². The lowest BCUT2D eigenvalue weighted by atomic mass is 10.2. The zero-order chi connectivity index (χ0) is 11.5. The number of hydrogen-bond acceptors (Lipinski definition) is 2. The van der Waals surface area contributed by atoms with Crippen molar-refractivity contribution in [3.8, 4) is 0 Å². The Labute approximate surface area is 95.3 Å². The number of hydrogen-bond donors (Lipinski definition) is 0. The second-order valence-electron chi connectivity index (χ2n) is 4.24. The fraction of sp³-hybridized carbons (Fsp3) is 0.923. The Morgan fingerprint density at radius 3 is 2.27 bits per heavy atom. The van der Waals surface area contributed by atoms with Crippen molar-refractivity contribution in [3.05, 3.63) is 6.92 Å². The monoisotopic (exact) mass is 215 g/mol. The summed E-state index contributed by atoms with van der Waals surface area (Å²) in [7, 11) is 0. The van der Waals surface area contributed by atoms with Crippen LogP contribution in [0.3, 0.4) is 0 Å². The molecule has 1 radical (unpaired) electrons. The molecule has 2 unspecified atom stereocenters. The summed E-state index contributed by atoms with van der Waals surface area (Å²) < 4.78 is 11.0. The maximum Gasteiger partial charge on any atom is 0.0780 e. The van der Waals surface area contributed by atoms with E-state index in [1.807, 2.05) is 6.92 Å². The average molecular weight is 215 g/mol. The van der Waals surface area contributed by atoms with E-state index in [1.54, 1.807) is 0 Å². The molecule has 0 rings (SSSR count). The normalized spacial score (nSPS) is 13.4. The van der Waals surface area contributed by atoms with Gasteiger partial charge in [-0.25, -0.2) is 0 Å². The topological polar surface area (TPSA) is 18.5 Å². The number of unbranched alkanes of at least 4 members (excludes halogenated alkanes) is 4. The molecule has 0 aromatic heterocycles. The maximum absolute atomic E-state index is 5.62. The molecule has 91 valence electrons. The molecule has 0 saturated heterocycles. The van der Waals surface area contributed by atoms with Crippen molar-refractivity contribution in [2.45, 2.75) is 65.1 Å². The number of ether oxygens (including phenoxy) is 2. The minimum absolute atomic E-state index is 0.0561. The molecule has 0 aromatic carbocycles. The van der Waals surface area contributed by atoms with Crippen LogP contribution in [0.2, 0.25) is 0 Å². The highest BCUT2D eigenvalue weighted by atomic mass is 16.5. The van der Waals surface area contributed by atoms with Gasteiger partial charge < -0.3 is 9.47 Å². The molecule has 0 spiro atoms. The third-order valence-corrected chi connectivity index (χ3v) is 2.27. The Morgan fingerprint density at radius 1 is 1.00 bits per heavy atom. The predicted octanol–water partition coefficient (Wildman–Crippen LogP) is 3.60. The first kappa shape index (κ1) is 14.9. The van der Waals surface area contributed by atoms with E-state index in [2.05, 4.69) is 20.8 Å². The van der Waals surface area contributed by atoms with Crippen molar-refractivity contribution >= 4 is 0 Å². The lowest BCUT2D eigenvalue weighted by molar-refractivity contribution is -0.0211. The first-order chi connectivity index (χ1) is 7.16. The van der Waals surface area contributed by atoms with Crippen molar-refractivity contribution in [1.29, 1.82) is 0 Å². The van der Waals surface area contributed by atoms with Crippen molar-refractivity contribution in [2.24, 2.45) is 0 Å². The molecular weight excluding hydrogens is 188 g/mol. The van der Waals surface area contributed by atoms with Crippen LogP contribution in [-0.4, -0.2) is 25.4 Å². The van der Waals surface area contributed by atoms with E-state index in [-0.39, 0.29) is 12.2 Å². The van der Waals surface area contributed by atoms with Crippen LogP contribution in [0.25, 0.3) is 0 Å². The molecule has 0 aliphatic rings. The van der Waals surface area contributed by atoms with E-state index in [9.17, 15) is 0 Å². The van der Waals surface area contributed by atoms with Gasteiger partial charge in [0.05, 0.1) is 18.8 Å². The fourth-order valence-electron chi connectivity index (χ4n) is 1.34. The molecule has 0 saturated carbocycles. The van der Waals surface area contributed by atoms with E-state index in [4.69, 9.17) is 9.47 Å². The Kier molecular flexibility index (Phi) is 10.4. The lowest BCUT2D eigenvalue weighted by Gasteiger charge is -2.15. The van der Waals surface area contributed by atoms with Crippen LogP contribution in [0.1, 0.15) is 52.9 Å². The van der Waals surface area contributed by atoms with Crippen molar-refractivity contribution in [3.63, 3.8) is 0 Å². The van der Waals surface area contributed by atoms with E-state index >= 15 is 0 Å². The quantitative estimate of drug-likeness (QED) is 0.518. The Bertz CT molecular complexity index is 124. The third-order valence-electron chi connectivity index (χ3n) is 2.27. The van der Waals surface area contributed by atoms with E-state index in [0.29, 0.717) is 6.61 Å². The SMILES string of the molecule is [CH2]C(C)OCC(C)OCCCCCCC. The summed E-state index contributed by atoms with van der Waals surface area (Å²) in [4.78, 5) is 0. The number of rotatable bonds is 10. The van der Waals surface area contributed by atoms with Gasteiger partial charge in [0.1, 0.15) is 0 Å². The van der Waals surface area contributed by atoms with Crippen LogP contribution in [0.15, 0.2) is 0 Å². The minimum atomic E-state index is 0.0561. The molecule has 2 heteroatoms. The standard InChI is InChI=1S/C13H27O2/c1-5-6-7-8-9-10-14-13(4)11-15-12(2)3/h12-13H,2,5-11H2,1,3-4H3. The summed E-state index contributed by atoms with van der Waals surface area (Å²) in [6.07, 6.45) is 6.68. The molecule has 0 aliphatic heterocycles. The van der Waals surface area contributed by atoms with Crippen LogP contribution >= 0.6 is 0 Å². The van der Waals surface area contributed by atoms with Gasteiger partial charge in [-0.3, -0.25) is 0 Å². The average Bonchev–Trinajstić information content (AvgIpc) is 2.20. The summed E-state index contributed by atoms with van der Waals surface area (Å²) in [5.74, 6) is 0. The van der Waals surface area contributed by atoms with Crippen LogP contribution in [0.5, 0.6) is 0 Å². The Hall–Kier alpha value is -0.0800. The molecule has 0 aromatic rings. The second kappa shape index (κ2) is 10.4. The molecule has 0 amide bonds. The lowest BCUT2D eigenvalue weighted by Crippen LogP contribution is -2.19. The second-order valence-corrected chi connectivity index (χ2v) is 4.24. The van der Waals surface area contributed by atoms with E-state index in [0.717, 1.165) is 6.61 Å². The first-order valence-corrected chi connectivity index (χ1v) is 6.23. The molecule has 0 N–H and O–H groups in total. The van der Waals surface area contributed by atoms with Crippen molar-refractivity contribution in [2.75, 3.05) is 13.2 Å². The molecule has 15 heavy (non-hydrogen) atoms.